The molecule has 102 valence electrons. The summed E-state index contributed by atoms with van der Waals surface area (Å²) in [6, 6.07) is 6.59. The Labute approximate surface area is 110 Å². The van der Waals surface area contributed by atoms with Crippen molar-refractivity contribution in [1.82, 2.24) is 4.90 Å². The lowest BCUT2D eigenvalue weighted by Crippen LogP contribution is -2.23. The molecule has 1 aliphatic heterocycles. The third-order valence-corrected chi connectivity index (χ3v) is 3.59. The Morgan fingerprint density at radius 3 is 2.74 bits per heavy atom. The van der Waals surface area contributed by atoms with E-state index in [2.05, 4.69) is 0 Å². The zero-order valence-corrected chi connectivity index (χ0v) is 10.7. The molecular weight excluding hydrogens is 248 g/mol. The summed E-state index contributed by atoms with van der Waals surface area (Å²) in [6.07, 6.45) is 0. The number of nitro benzene ring substituents is 1. The lowest BCUT2D eigenvalue weighted by Gasteiger charge is -2.15. The molecule has 0 saturated carbocycles. The van der Waals surface area contributed by atoms with E-state index in [-0.39, 0.29) is 17.5 Å². The highest BCUT2D eigenvalue weighted by Crippen LogP contribution is 2.27. The van der Waals surface area contributed by atoms with Crippen LogP contribution in [0.3, 0.4) is 0 Å². The largest absolute Gasteiger partial charge is 0.481 e. The fourth-order valence-electron chi connectivity index (χ4n) is 2.58. The van der Waals surface area contributed by atoms with Gasteiger partial charge in [0.1, 0.15) is 0 Å². The van der Waals surface area contributed by atoms with Gasteiger partial charge in [0.25, 0.3) is 5.69 Å². The summed E-state index contributed by atoms with van der Waals surface area (Å²) in [5, 5.41) is 20.0. The summed E-state index contributed by atoms with van der Waals surface area (Å²) in [4.78, 5) is 23.5. The van der Waals surface area contributed by atoms with E-state index in [1.165, 1.54) is 6.07 Å². The summed E-state index contributed by atoms with van der Waals surface area (Å²) < 4.78 is 0. The van der Waals surface area contributed by atoms with Gasteiger partial charge in [0.05, 0.1) is 10.8 Å². The Morgan fingerprint density at radius 2 is 2.16 bits per heavy atom. The minimum absolute atomic E-state index is 0.0697. The second kappa shape index (κ2) is 5.36. The van der Waals surface area contributed by atoms with Crippen molar-refractivity contribution in [3.63, 3.8) is 0 Å². The van der Waals surface area contributed by atoms with Gasteiger partial charge in [-0.05, 0) is 5.92 Å². The standard InChI is InChI=1S/C13H16N2O4/c1-9-6-14(8-11(9)13(16)17)7-10-4-2-3-5-12(10)15(18)19/h2-5,9,11H,6-8H2,1H3,(H,16,17). The van der Waals surface area contributed by atoms with E-state index in [9.17, 15) is 14.9 Å². The van der Waals surface area contributed by atoms with Crippen molar-refractivity contribution >= 4 is 11.7 Å². The molecule has 1 saturated heterocycles. The molecule has 1 aromatic rings. The van der Waals surface area contributed by atoms with Gasteiger partial charge >= 0.3 is 5.97 Å². The van der Waals surface area contributed by atoms with Gasteiger partial charge < -0.3 is 5.11 Å². The summed E-state index contributed by atoms with van der Waals surface area (Å²) in [7, 11) is 0. The first-order valence-electron chi connectivity index (χ1n) is 6.16. The molecule has 2 rings (SSSR count). The fraction of sp³-hybridized carbons (Fsp3) is 0.462. The van der Waals surface area contributed by atoms with Gasteiger partial charge in [0.15, 0.2) is 0 Å². The van der Waals surface area contributed by atoms with Crippen LogP contribution in [0.1, 0.15) is 12.5 Å². The number of nitrogens with zero attached hydrogens (tertiary/aromatic N) is 2. The van der Waals surface area contributed by atoms with Crippen molar-refractivity contribution in [2.24, 2.45) is 11.8 Å². The maximum absolute atomic E-state index is 11.1. The minimum atomic E-state index is -0.794. The normalized spacial score (nSPS) is 23.4. The number of carboxylic acids is 1. The molecule has 2 atom stereocenters. The average molecular weight is 264 g/mol. The number of likely N-dealkylation sites (tertiary alicyclic amines) is 1. The summed E-state index contributed by atoms with van der Waals surface area (Å²) in [5.41, 5.74) is 0.722. The van der Waals surface area contributed by atoms with Crippen molar-refractivity contribution in [2.45, 2.75) is 13.5 Å². The third-order valence-electron chi connectivity index (χ3n) is 3.59. The summed E-state index contributed by atoms with van der Waals surface area (Å²) in [6.45, 7) is 3.43. The lowest BCUT2D eigenvalue weighted by atomic mass is 9.99. The number of hydrogen-bond acceptors (Lipinski definition) is 4. The molecule has 1 heterocycles. The molecule has 6 nitrogen and oxygen atoms in total. The van der Waals surface area contributed by atoms with Crippen LogP contribution >= 0.6 is 0 Å². The molecule has 1 N–H and O–H groups in total. The highest BCUT2D eigenvalue weighted by Gasteiger charge is 2.35. The molecule has 1 fully saturated rings. The molecule has 0 amide bonds. The molecule has 1 aliphatic rings. The van der Waals surface area contributed by atoms with Gasteiger partial charge in [-0.15, -0.1) is 0 Å². The Hall–Kier alpha value is -1.95. The van der Waals surface area contributed by atoms with Crippen molar-refractivity contribution in [1.29, 1.82) is 0 Å². The van der Waals surface area contributed by atoms with Crippen LogP contribution in [0.15, 0.2) is 24.3 Å². The van der Waals surface area contributed by atoms with Crippen LogP contribution in [0.2, 0.25) is 0 Å². The van der Waals surface area contributed by atoms with E-state index in [0.29, 0.717) is 25.2 Å². The van der Waals surface area contributed by atoms with Crippen LogP contribution in [-0.4, -0.2) is 34.0 Å². The first-order valence-corrected chi connectivity index (χ1v) is 6.16. The predicted molar refractivity (Wildman–Crippen MR) is 68.7 cm³/mol. The first-order chi connectivity index (χ1) is 8.99. The molecule has 6 heteroatoms. The van der Waals surface area contributed by atoms with Crippen molar-refractivity contribution in [3.05, 3.63) is 39.9 Å². The molecule has 0 bridgehead atoms. The Morgan fingerprint density at radius 1 is 1.47 bits per heavy atom. The van der Waals surface area contributed by atoms with Gasteiger partial charge in [0, 0.05) is 31.3 Å². The maximum atomic E-state index is 11.1. The topological polar surface area (TPSA) is 83.7 Å². The Kier molecular flexibility index (Phi) is 3.80. The summed E-state index contributed by atoms with van der Waals surface area (Å²) in [5.74, 6) is -1.11. The predicted octanol–water partition coefficient (Wildman–Crippen LogP) is 1.75. The number of carbonyl (C=O) groups is 1. The summed E-state index contributed by atoms with van der Waals surface area (Å²) >= 11 is 0. The van der Waals surface area contributed by atoms with E-state index in [4.69, 9.17) is 5.11 Å². The van der Waals surface area contributed by atoms with E-state index >= 15 is 0 Å². The third kappa shape index (κ3) is 2.90. The number of benzene rings is 1. The quantitative estimate of drug-likeness (QED) is 0.661. The monoisotopic (exact) mass is 264 g/mol. The van der Waals surface area contributed by atoms with Crippen LogP contribution in [0.4, 0.5) is 5.69 Å². The van der Waals surface area contributed by atoms with Gasteiger partial charge in [0.2, 0.25) is 0 Å². The minimum Gasteiger partial charge on any atom is -0.481 e. The number of para-hydroxylation sites is 1. The highest BCUT2D eigenvalue weighted by molar-refractivity contribution is 5.71. The second-order valence-corrected chi connectivity index (χ2v) is 5.00. The van der Waals surface area contributed by atoms with Crippen molar-refractivity contribution in [2.75, 3.05) is 13.1 Å². The Balaban J connectivity index is 2.11. The zero-order chi connectivity index (χ0) is 14.0. The fourth-order valence-corrected chi connectivity index (χ4v) is 2.58. The Bertz CT molecular complexity index is 503. The molecule has 2 unspecified atom stereocenters. The van der Waals surface area contributed by atoms with Crippen molar-refractivity contribution in [3.8, 4) is 0 Å². The number of carboxylic acid groups (broad SMARTS) is 1. The van der Waals surface area contributed by atoms with Gasteiger partial charge in [-0.25, -0.2) is 0 Å². The molecule has 0 spiro atoms. The van der Waals surface area contributed by atoms with Gasteiger partial charge in [-0.3, -0.25) is 19.8 Å². The molecule has 0 aromatic heterocycles. The molecule has 1 aromatic carbocycles. The van der Waals surface area contributed by atoms with Gasteiger partial charge in [-0.2, -0.15) is 0 Å². The highest BCUT2D eigenvalue weighted by atomic mass is 16.6. The smallest absolute Gasteiger partial charge is 0.308 e. The molecule has 0 radical (unpaired) electrons. The van der Waals surface area contributed by atoms with E-state index in [1.807, 2.05) is 11.8 Å². The van der Waals surface area contributed by atoms with Crippen LogP contribution in [0.5, 0.6) is 0 Å². The van der Waals surface area contributed by atoms with Crippen LogP contribution in [0.25, 0.3) is 0 Å². The van der Waals surface area contributed by atoms with Crippen LogP contribution < -0.4 is 0 Å². The van der Waals surface area contributed by atoms with Crippen LogP contribution in [-0.2, 0) is 11.3 Å². The number of rotatable bonds is 4. The van der Waals surface area contributed by atoms with Crippen LogP contribution in [0, 0.1) is 22.0 Å². The number of hydrogen-bond donors (Lipinski definition) is 1. The van der Waals surface area contributed by atoms with Crippen molar-refractivity contribution < 1.29 is 14.8 Å². The lowest BCUT2D eigenvalue weighted by molar-refractivity contribution is -0.385. The van der Waals surface area contributed by atoms with E-state index in [1.54, 1.807) is 18.2 Å². The zero-order valence-electron chi connectivity index (χ0n) is 10.7. The number of nitro groups is 1. The van der Waals surface area contributed by atoms with E-state index in [0.717, 1.165) is 0 Å². The molecular formula is C13H16N2O4. The SMILES string of the molecule is CC1CN(Cc2ccccc2[N+](=O)[O-])CC1C(=O)O. The average Bonchev–Trinajstić information content (AvgIpc) is 2.71. The molecule has 19 heavy (non-hydrogen) atoms. The number of aliphatic carboxylic acids is 1. The first kappa shape index (κ1) is 13.5. The van der Waals surface area contributed by atoms with Gasteiger partial charge in [-0.1, -0.05) is 25.1 Å². The maximum Gasteiger partial charge on any atom is 0.308 e. The molecule has 0 aliphatic carbocycles. The second-order valence-electron chi connectivity index (χ2n) is 5.00. The van der Waals surface area contributed by atoms with E-state index < -0.39 is 10.9 Å².